The smallest absolute Gasteiger partial charge is 0.406 e. The summed E-state index contributed by atoms with van der Waals surface area (Å²) in [5, 5.41) is 5.34. The number of carbonyl (C=O) groups excluding carboxylic acids is 2. The largest absolute Gasteiger partial charge is 0.573 e. The molecule has 0 aliphatic heterocycles. The number of aryl methyl sites for hydroxylation is 1. The summed E-state index contributed by atoms with van der Waals surface area (Å²) >= 11 is 0. The Bertz CT molecular complexity index is 911. The number of hydrogen-bond acceptors (Lipinski definition) is 4. The number of halogens is 3. The van der Waals surface area contributed by atoms with Crippen LogP contribution >= 0.6 is 0 Å². The average molecular weight is 407 g/mol. The number of pyridine rings is 1. The van der Waals surface area contributed by atoms with E-state index in [-0.39, 0.29) is 18.2 Å². The Balaban J connectivity index is 1.61. The topological polar surface area (TPSA) is 80.3 Å². The zero-order valence-electron chi connectivity index (χ0n) is 15.7. The second-order valence-electron chi connectivity index (χ2n) is 6.96. The van der Waals surface area contributed by atoms with Gasteiger partial charge in [0, 0.05) is 24.2 Å². The summed E-state index contributed by atoms with van der Waals surface area (Å²) in [7, 11) is 0. The molecule has 6 nitrogen and oxygen atoms in total. The molecule has 0 radical (unpaired) electrons. The highest BCUT2D eigenvalue weighted by molar-refractivity contribution is 5.96. The summed E-state index contributed by atoms with van der Waals surface area (Å²) in [6.07, 6.45) is -2.24. The van der Waals surface area contributed by atoms with Crippen LogP contribution in [0, 0.1) is 12.8 Å². The van der Waals surface area contributed by atoms with Crippen LogP contribution in [0.25, 0.3) is 0 Å². The van der Waals surface area contributed by atoms with Gasteiger partial charge in [0.15, 0.2) is 0 Å². The molecule has 2 N–H and O–H groups in total. The number of anilines is 1. The molecule has 9 heteroatoms. The van der Waals surface area contributed by atoms with E-state index in [4.69, 9.17) is 0 Å². The molecule has 1 fully saturated rings. The number of carbonyl (C=O) groups is 2. The van der Waals surface area contributed by atoms with Gasteiger partial charge >= 0.3 is 6.36 Å². The number of rotatable bonds is 7. The highest BCUT2D eigenvalue weighted by Gasteiger charge is 2.31. The average Bonchev–Trinajstić information content (AvgIpc) is 3.41. The van der Waals surface area contributed by atoms with Crippen molar-refractivity contribution in [2.45, 2.75) is 39.1 Å². The Kier molecular flexibility index (Phi) is 6.05. The molecule has 29 heavy (non-hydrogen) atoms. The zero-order valence-corrected chi connectivity index (χ0v) is 15.7. The molecule has 1 aliphatic carbocycles. The first-order valence-electron chi connectivity index (χ1n) is 9.09. The first-order chi connectivity index (χ1) is 13.7. The fraction of sp³-hybridized carbons (Fsp3) is 0.350. The van der Waals surface area contributed by atoms with E-state index in [9.17, 15) is 22.8 Å². The summed E-state index contributed by atoms with van der Waals surface area (Å²) in [6.45, 7) is 1.71. The molecule has 154 valence electrons. The number of ether oxygens (including phenoxy) is 1. The van der Waals surface area contributed by atoms with Gasteiger partial charge in [0.25, 0.3) is 5.91 Å². The van der Waals surface area contributed by atoms with Crippen LogP contribution in [-0.2, 0) is 11.3 Å². The molecule has 0 bridgehead atoms. The van der Waals surface area contributed by atoms with E-state index in [1.807, 2.05) is 0 Å². The summed E-state index contributed by atoms with van der Waals surface area (Å²) in [5.74, 6) is -0.209. The number of nitrogens with zero attached hydrogens (tertiary/aromatic N) is 1. The van der Waals surface area contributed by atoms with E-state index < -0.39 is 12.3 Å². The van der Waals surface area contributed by atoms with Crippen molar-refractivity contribution in [3.63, 3.8) is 0 Å². The molecular formula is C20H20F3N3O3. The third-order valence-electron chi connectivity index (χ3n) is 4.24. The Morgan fingerprint density at radius 1 is 1.21 bits per heavy atom. The first kappa shape index (κ1) is 20.6. The van der Waals surface area contributed by atoms with Crippen LogP contribution in [0.2, 0.25) is 0 Å². The van der Waals surface area contributed by atoms with Gasteiger partial charge in [-0.2, -0.15) is 0 Å². The van der Waals surface area contributed by atoms with Crippen LogP contribution in [0.1, 0.15) is 40.9 Å². The number of amides is 2. The van der Waals surface area contributed by atoms with Crippen LogP contribution < -0.4 is 15.4 Å². The predicted molar refractivity (Wildman–Crippen MR) is 99.2 cm³/mol. The molecule has 1 saturated carbocycles. The SMILES string of the molecule is Cc1cc(C(=O)NCc2cccc(OC(F)(F)F)c2)cc(NC(=O)CC2CC2)n1. The van der Waals surface area contributed by atoms with E-state index in [1.165, 1.54) is 24.3 Å². The molecule has 0 saturated heterocycles. The third kappa shape index (κ3) is 6.78. The van der Waals surface area contributed by atoms with Crippen molar-refractivity contribution in [3.05, 3.63) is 53.2 Å². The quantitative estimate of drug-likeness (QED) is 0.728. The lowest BCUT2D eigenvalue weighted by atomic mass is 10.2. The van der Waals surface area contributed by atoms with E-state index in [0.29, 0.717) is 35.0 Å². The fourth-order valence-electron chi connectivity index (χ4n) is 2.78. The number of benzene rings is 1. The van der Waals surface area contributed by atoms with Crippen molar-refractivity contribution in [2.24, 2.45) is 5.92 Å². The highest BCUT2D eigenvalue weighted by atomic mass is 19.4. The van der Waals surface area contributed by atoms with Crippen LogP contribution in [-0.4, -0.2) is 23.2 Å². The molecule has 3 rings (SSSR count). The van der Waals surface area contributed by atoms with Crippen molar-refractivity contribution >= 4 is 17.6 Å². The van der Waals surface area contributed by atoms with Crippen LogP contribution in [0.15, 0.2) is 36.4 Å². The second kappa shape index (κ2) is 8.50. The Morgan fingerprint density at radius 3 is 2.66 bits per heavy atom. The maximum atomic E-state index is 12.4. The molecule has 2 aromatic rings. The van der Waals surface area contributed by atoms with Gasteiger partial charge in [0.05, 0.1) is 0 Å². The lowest BCUT2D eigenvalue weighted by Crippen LogP contribution is -2.24. The van der Waals surface area contributed by atoms with Crippen LogP contribution in [0.5, 0.6) is 5.75 Å². The molecule has 2 amide bonds. The van der Waals surface area contributed by atoms with E-state index in [2.05, 4.69) is 20.4 Å². The van der Waals surface area contributed by atoms with Gasteiger partial charge < -0.3 is 15.4 Å². The minimum Gasteiger partial charge on any atom is -0.406 e. The molecule has 1 aliphatic rings. The highest BCUT2D eigenvalue weighted by Crippen LogP contribution is 2.32. The fourth-order valence-corrected chi connectivity index (χ4v) is 2.78. The van der Waals surface area contributed by atoms with Gasteiger partial charge in [-0.3, -0.25) is 9.59 Å². The zero-order chi connectivity index (χ0) is 21.0. The van der Waals surface area contributed by atoms with Gasteiger partial charge in [-0.1, -0.05) is 12.1 Å². The van der Waals surface area contributed by atoms with Crippen LogP contribution in [0.4, 0.5) is 19.0 Å². The lowest BCUT2D eigenvalue weighted by molar-refractivity contribution is -0.274. The standard InChI is InChI=1S/C20H20F3N3O3/c1-12-7-15(10-17(25-12)26-18(27)9-13-5-6-13)19(28)24-11-14-3-2-4-16(8-14)29-20(21,22)23/h2-4,7-8,10,13H,5-6,9,11H2,1H3,(H,24,28)(H,25,26,27). The van der Waals surface area contributed by atoms with Crippen molar-refractivity contribution in [1.29, 1.82) is 0 Å². The van der Waals surface area contributed by atoms with E-state index in [1.54, 1.807) is 19.1 Å². The monoisotopic (exact) mass is 407 g/mol. The Hall–Kier alpha value is -3.10. The predicted octanol–water partition coefficient (Wildman–Crippen LogP) is 3.96. The van der Waals surface area contributed by atoms with Gasteiger partial charge in [-0.25, -0.2) is 4.98 Å². The maximum Gasteiger partial charge on any atom is 0.573 e. The lowest BCUT2D eigenvalue weighted by Gasteiger charge is -2.11. The second-order valence-corrected chi connectivity index (χ2v) is 6.96. The normalized spacial score (nSPS) is 13.7. The summed E-state index contributed by atoms with van der Waals surface area (Å²) in [5.41, 5.74) is 1.30. The van der Waals surface area contributed by atoms with Crippen molar-refractivity contribution in [3.8, 4) is 5.75 Å². The summed E-state index contributed by atoms with van der Waals surface area (Å²) in [4.78, 5) is 28.6. The number of hydrogen-bond donors (Lipinski definition) is 2. The number of aromatic nitrogens is 1. The van der Waals surface area contributed by atoms with Crippen LogP contribution in [0.3, 0.4) is 0 Å². The van der Waals surface area contributed by atoms with Gasteiger partial charge in [-0.05, 0) is 55.5 Å². The van der Waals surface area contributed by atoms with Gasteiger partial charge in [0.2, 0.25) is 5.91 Å². The molecule has 0 atom stereocenters. The van der Waals surface area contributed by atoms with Crippen molar-refractivity contribution in [2.75, 3.05) is 5.32 Å². The Morgan fingerprint density at radius 2 is 1.97 bits per heavy atom. The third-order valence-corrected chi connectivity index (χ3v) is 4.24. The molecule has 1 aromatic heterocycles. The molecule has 1 heterocycles. The molecule has 0 spiro atoms. The molecular weight excluding hydrogens is 387 g/mol. The maximum absolute atomic E-state index is 12.4. The minimum atomic E-state index is -4.78. The van der Waals surface area contributed by atoms with E-state index >= 15 is 0 Å². The summed E-state index contributed by atoms with van der Waals surface area (Å²) < 4.78 is 40.8. The Labute approximate surface area is 165 Å². The molecule has 0 unspecified atom stereocenters. The number of alkyl halides is 3. The number of nitrogens with one attached hydrogen (secondary N) is 2. The summed E-state index contributed by atoms with van der Waals surface area (Å²) in [6, 6.07) is 8.40. The van der Waals surface area contributed by atoms with Gasteiger partial charge in [0.1, 0.15) is 11.6 Å². The van der Waals surface area contributed by atoms with Crippen molar-refractivity contribution in [1.82, 2.24) is 10.3 Å². The molecule has 1 aromatic carbocycles. The van der Waals surface area contributed by atoms with Gasteiger partial charge in [-0.15, -0.1) is 13.2 Å². The minimum absolute atomic E-state index is 0.0125. The first-order valence-corrected chi connectivity index (χ1v) is 9.09. The van der Waals surface area contributed by atoms with E-state index in [0.717, 1.165) is 12.8 Å². The van der Waals surface area contributed by atoms with Crippen molar-refractivity contribution < 1.29 is 27.5 Å².